The first-order chi connectivity index (χ1) is 6.70. The minimum Gasteiger partial charge on any atom is -0.396 e. The molecule has 0 radical (unpaired) electrons. The van der Waals surface area contributed by atoms with Crippen LogP contribution in [0.1, 0.15) is 5.56 Å². The number of nitrogens with zero attached hydrogens (tertiary/aromatic N) is 2. The number of hydrogen-bond acceptors (Lipinski definition) is 4. The van der Waals surface area contributed by atoms with E-state index in [4.69, 9.17) is 10.8 Å². The van der Waals surface area contributed by atoms with Gasteiger partial charge in [-0.1, -0.05) is 0 Å². The molecule has 0 aliphatic rings. The second-order valence-corrected chi connectivity index (χ2v) is 2.98. The van der Waals surface area contributed by atoms with E-state index in [0.717, 1.165) is 0 Å². The molecule has 14 heavy (non-hydrogen) atoms. The normalized spacial score (nSPS) is 10.9. The Labute approximate surface area is 79.0 Å². The van der Waals surface area contributed by atoms with Crippen LogP contribution >= 0.6 is 0 Å². The highest BCUT2D eigenvalue weighted by Gasteiger charge is 2.03. The van der Waals surface area contributed by atoms with E-state index in [0.29, 0.717) is 23.4 Å². The Morgan fingerprint density at radius 3 is 3.14 bits per heavy atom. The molecule has 6 nitrogen and oxygen atoms in total. The second kappa shape index (κ2) is 3.15. The summed E-state index contributed by atoms with van der Waals surface area (Å²) < 4.78 is 1.49. The van der Waals surface area contributed by atoms with Crippen molar-refractivity contribution in [2.45, 2.75) is 6.42 Å². The zero-order valence-corrected chi connectivity index (χ0v) is 7.40. The molecule has 0 atom stereocenters. The molecular weight excluding hydrogens is 184 g/mol. The van der Waals surface area contributed by atoms with Gasteiger partial charge in [-0.3, -0.25) is 4.79 Å². The van der Waals surface area contributed by atoms with Crippen molar-refractivity contribution in [3.05, 3.63) is 28.2 Å². The molecule has 0 spiro atoms. The fraction of sp³-hybridized carbons (Fsp3) is 0.250. The quantitative estimate of drug-likeness (QED) is 0.579. The van der Waals surface area contributed by atoms with Crippen LogP contribution in [0.3, 0.4) is 0 Å². The third-order valence-electron chi connectivity index (χ3n) is 1.95. The van der Waals surface area contributed by atoms with Crippen molar-refractivity contribution in [1.82, 2.24) is 14.6 Å². The third-order valence-corrected chi connectivity index (χ3v) is 1.95. The van der Waals surface area contributed by atoms with Gasteiger partial charge in [0.25, 0.3) is 5.56 Å². The number of rotatable bonds is 2. The molecule has 4 N–H and O–H groups in total. The number of anilines is 1. The summed E-state index contributed by atoms with van der Waals surface area (Å²) in [6.45, 7) is -0.0641. The fourth-order valence-corrected chi connectivity index (χ4v) is 1.31. The van der Waals surface area contributed by atoms with Crippen molar-refractivity contribution in [2.75, 3.05) is 12.3 Å². The highest BCUT2D eigenvalue weighted by atomic mass is 16.3. The number of aromatic nitrogens is 3. The average Bonchev–Trinajstić information content (AvgIpc) is 2.45. The lowest BCUT2D eigenvalue weighted by molar-refractivity contribution is 0.299. The van der Waals surface area contributed by atoms with Gasteiger partial charge < -0.3 is 15.8 Å². The van der Waals surface area contributed by atoms with Crippen LogP contribution in [0.25, 0.3) is 5.65 Å². The summed E-state index contributed by atoms with van der Waals surface area (Å²) in [6, 6.07) is 1.57. The van der Waals surface area contributed by atoms with Gasteiger partial charge in [-0.15, -0.1) is 5.10 Å². The van der Waals surface area contributed by atoms with Crippen LogP contribution in [-0.4, -0.2) is 26.3 Å². The molecule has 0 unspecified atom stereocenters. The molecule has 0 fully saturated rings. The number of nitrogen functional groups attached to an aromatic ring is 1. The molecular formula is C8H10N4O2. The summed E-state index contributed by atoms with van der Waals surface area (Å²) in [5.74, 6) is 0.349. The van der Waals surface area contributed by atoms with Gasteiger partial charge in [0.1, 0.15) is 11.5 Å². The van der Waals surface area contributed by atoms with Crippen LogP contribution in [0.5, 0.6) is 0 Å². The van der Waals surface area contributed by atoms with Crippen LogP contribution in [0.15, 0.2) is 17.1 Å². The predicted octanol–water partition coefficient (Wildman–Crippen LogP) is -0.860. The van der Waals surface area contributed by atoms with E-state index in [2.05, 4.69) is 10.1 Å². The van der Waals surface area contributed by atoms with Gasteiger partial charge >= 0.3 is 0 Å². The number of fused-ring (bicyclic) bond motifs is 1. The highest BCUT2D eigenvalue weighted by Crippen LogP contribution is 2.03. The summed E-state index contributed by atoms with van der Waals surface area (Å²) >= 11 is 0. The number of aliphatic hydroxyl groups excluding tert-OH is 1. The van der Waals surface area contributed by atoms with Crippen LogP contribution in [0, 0.1) is 0 Å². The molecule has 2 heterocycles. The molecule has 0 amide bonds. The van der Waals surface area contributed by atoms with Crippen LogP contribution < -0.4 is 11.3 Å². The zero-order valence-electron chi connectivity index (χ0n) is 7.40. The zero-order chi connectivity index (χ0) is 10.1. The maximum absolute atomic E-state index is 11.4. The van der Waals surface area contributed by atoms with Crippen LogP contribution in [0.2, 0.25) is 0 Å². The Kier molecular flexibility index (Phi) is 1.97. The minimum absolute atomic E-state index is 0.0641. The molecule has 0 aliphatic heterocycles. The molecule has 0 aromatic carbocycles. The van der Waals surface area contributed by atoms with E-state index in [9.17, 15) is 4.79 Å². The van der Waals surface area contributed by atoms with Gasteiger partial charge in [0.15, 0.2) is 0 Å². The number of hydrogen-bond donors (Lipinski definition) is 3. The number of nitrogens with two attached hydrogens (primary N) is 1. The van der Waals surface area contributed by atoms with E-state index < -0.39 is 0 Å². The Balaban J connectivity index is 2.64. The molecule has 0 saturated carbocycles. The van der Waals surface area contributed by atoms with Crippen molar-refractivity contribution in [3.8, 4) is 0 Å². The van der Waals surface area contributed by atoms with E-state index in [-0.39, 0.29) is 12.2 Å². The van der Waals surface area contributed by atoms with Gasteiger partial charge in [-0.2, -0.15) is 0 Å². The Hall–Kier alpha value is -1.82. The summed E-state index contributed by atoms with van der Waals surface area (Å²) in [5.41, 5.74) is 6.28. The van der Waals surface area contributed by atoms with Gasteiger partial charge in [-0.25, -0.2) is 4.52 Å². The Morgan fingerprint density at radius 2 is 2.43 bits per heavy atom. The van der Waals surface area contributed by atoms with Crippen molar-refractivity contribution < 1.29 is 5.11 Å². The lowest BCUT2D eigenvalue weighted by Crippen LogP contribution is -2.15. The van der Waals surface area contributed by atoms with Gasteiger partial charge in [0.05, 0.1) is 0 Å². The number of H-pyrrole nitrogens is 1. The van der Waals surface area contributed by atoms with Gasteiger partial charge in [0, 0.05) is 30.9 Å². The lowest BCUT2D eigenvalue weighted by Gasteiger charge is -1.97. The standard InChI is InChI=1S/C8H10N4O2/c9-6-3-7-10-8(14)5(1-2-13)4-12(7)11-6/h3-4,13H,1-2H2,(H2,9,11)(H,10,14). The van der Waals surface area contributed by atoms with Crippen LogP contribution in [0.4, 0.5) is 5.82 Å². The topological polar surface area (TPSA) is 96.4 Å². The minimum atomic E-state index is -0.216. The lowest BCUT2D eigenvalue weighted by atomic mass is 10.2. The second-order valence-electron chi connectivity index (χ2n) is 2.98. The van der Waals surface area contributed by atoms with Gasteiger partial charge in [-0.05, 0) is 0 Å². The molecule has 0 aliphatic carbocycles. The first-order valence-corrected chi connectivity index (χ1v) is 4.18. The SMILES string of the molecule is Nc1cc2[nH]c(=O)c(CCO)cn2n1. The third kappa shape index (κ3) is 1.35. The summed E-state index contributed by atoms with van der Waals surface area (Å²) in [5, 5.41) is 12.7. The van der Waals surface area contributed by atoms with E-state index >= 15 is 0 Å². The molecule has 74 valence electrons. The smallest absolute Gasteiger partial charge is 0.254 e. The summed E-state index contributed by atoms with van der Waals surface area (Å²) in [7, 11) is 0. The molecule has 0 bridgehead atoms. The van der Waals surface area contributed by atoms with Gasteiger partial charge in [0.2, 0.25) is 0 Å². The van der Waals surface area contributed by atoms with E-state index in [1.807, 2.05) is 0 Å². The Morgan fingerprint density at radius 1 is 1.64 bits per heavy atom. The van der Waals surface area contributed by atoms with Crippen molar-refractivity contribution in [2.24, 2.45) is 0 Å². The number of aromatic amines is 1. The van der Waals surface area contributed by atoms with E-state index in [1.165, 1.54) is 4.52 Å². The molecule has 2 aromatic rings. The average molecular weight is 194 g/mol. The number of aliphatic hydroxyl groups is 1. The van der Waals surface area contributed by atoms with E-state index in [1.54, 1.807) is 12.3 Å². The first kappa shape index (κ1) is 8.76. The molecule has 2 aromatic heterocycles. The summed E-state index contributed by atoms with van der Waals surface area (Å²) in [4.78, 5) is 14.0. The largest absolute Gasteiger partial charge is 0.396 e. The molecule has 2 rings (SSSR count). The predicted molar refractivity (Wildman–Crippen MR) is 51.0 cm³/mol. The maximum atomic E-state index is 11.4. The number of nitrogens with one attached hydrogen (secondary N) is 1. The Bertz CT molecular complexity index is 514. The monoisotopic (exact) mass is 194 g/mol. The highest BCUT2D eigenvalue weighted by molar-refractivity contribution is 5.47. The van der Waals surface area contributed by atoms with Crippen molar-refractivity contribution in [3.63, 3.8) is 0 Å². The maximum Gasteiger partial charge on any atom is 0.254 e. The molecule has 0 saturated heterocycles. The van der Waals surface area contributed by atoms with Crippen molar-refractivity contribution in [1.29, 1.82) is 0 Å². The first-order valence-electron chi connectivity index (χ1n) is 4.18. The summed E-state index contributed by atoms with van der Waals surface area (Å²) in [6.07, 6.45) is 1.88. The van der Waals surface area contributed by atoms with Crippen molar-refractivity contribution >= 4 is 11.5 Å². The van der Waals surface area contributed by atoms with Crippen LogP contribution in [-0.2, 0) is 6.42 Å². The fourth-order valence-electron chi connectivity index (χ4n) is 1.31. The molecule has 6 heteroatoms.